The average Bonchev–Trinajstić information content (AvgIpc) is 2.96. The SMILES string of the molecule is COc1cc(N(C)C(=O)OC(C)(C)C)cc(N2C(=O)Cc3c(N)ncnc32)c1. The van der Waals surface area contributed by atoms with Crippen LogP contribution in [0.2, 0.25) is 0 Å². The third-order valence-electron chi connectivity index (χ3n) is 4.17. The number of nitrogens with zero attached hydrogens (tertiary/aromatic N) is 4. The smallest absolute Gasteiger partial charge is 0.414 e. The summed E-state index contributed by atoms with van der Waals surface area (Å²) in [4.78, 5) is 36.0. The molecular weight excluding hydrogens is 362 g/mol. The number of ether oxygens (including phenoxy) is 2. The van der Waals surface area contributed by atoms with Gasteiger partial charge in [-0.05, 0) is 26.8 Å². The summed E-state index contributed by atoms with van der Waals surface area (Å²) in [6.45, 7) is 5.37. The number of aromatic nitrogens is 2. The highest BCUT2D eigenvalue weighted by atomic mass is 16.6. The van der Waals surface area contributed by atoms with Crippen LogP contribution in [-0.4, -0.2) is 41.7 Å². The Morgan fingerprint density at radius 1 is 1.25 bits per heavy atom. The molecule has 1 aliphatic rings. The third kappa shape index (κ3) is 3.68. The molecule has 0 bridgehead atoms. The van der Waals surface area contributed by atoms with Crippen LogP contribution in [0, 0.1) is 0 Å². The van der Waals surface area contributed by atoms with Crippen LogP contribution in [0.15, 0.2) is 24.5 Å². The Labute approximate surface area is 163 Å². The second-order valence-electron chi connectivity index (χ2n) is 7.40. The molecule has 9 heteroatoms. The zero-order chi connectivity index (χ0) is 20.6. The summed E-state index contributed by atoms with van der Waals surface area (Å²) >= 11 is 0. The summed E-state index contributed by atoms with van der Waals surface area (Å²) in [5.74, 6) is 0.985. The highest BCUT2D eigenvalue weighted by molar-refractivity contribution is 6.08. The van der Waals surface area contributed by atoms with E-state index in [-0.39, 0.29) is 18.1 Å². The second kappa shape index (κ2) is 6.99. The second-order valence-corrected chi connectivity index (χ2v) is 7.40. The van der Waals surface area contributed by atoms with E-state index in [1.807, 2.05) is 0 Å². The number of carbonyl (C=O) groups excluding carboxylic acids is 2. The molecule has 1 aliphatic heterocycles. The fourth-order valence-electron chi connectivity index (χ4n) is 2.84. The van der Waals surface area contributed by atoms with Crippen LogP contribution in [0.25, 0.3) is 0 Å². The molecule has 2 N–H and O–H groups in total. The lowest BCUT2D eigenvalue weighted by Crippen LogP contribution is -2.34. The lowest BCUT2D eigenvalue weighted by molar-refractivity contribution is -0.116. The first-order valence-electron chi connectivity index (χ1n) is 8.69. The van der Waals surface area contributed by atoms with Gasteiger partial charge in [-0.25, -0.2) is 14.8 Å². The van der Waals surface area contributed by atoms with E-state index in [2.05, 4.69) is 9.97 Å². The van der Waals surface area contributed by atoms with Crippen LogP contribution >= 0.6 is 0 Å². The van der Waals surface area contributed by atoms with Crippen molar-refractivity contribution in [3.8, 4) is 5.75 Å². The van der Waals surface area contributed by atoms with Crippen molar-refractivity contribution < 1.29 is 19.1 Å². The van der Waals surface area contributed by atoms with Gasteiger partial charge in [-0.1, -0.05) is 0 Å². The van der Waals surface area contributed by atoms with Gasteiger partial charge in [-0.2, -0.15) is 0 Å². The minimum Gasteiger partial charge on any atom is -0.497 e. The standard InChI is InChI=1S/C19H23N5O4/c1-19(2,3)28-18(26)23(4)11-6-12(8-13(7-11)27-5)24-15(25)9-14-16(20)21-10-22-17(14)24/h6-8,10H,9H2,1-5H3,(H2,20,21,22). The molecule has 3 rings (SSSR count). The molecule has 28 heavy (non-hydrogen) atoms. The zero-order valence-corrected chi connectivity index (χ0v) is 16.5. The van der Waals surface area contributed by atoms with E-state index in [0.29, 0.717) is 28.5 Å². The fraction of sp³-hybridized carbons (Fsp3) is 0.368. The van der Waals surface area contributed by atoms with E-state index in [4.69, 9.17) is 15.2 Å². The van der Waals surface area contributed by atoms with Crippen molar-refractivity contribution >= 4 is 35.0 Å². The molecule has 0 saturated carbocycles. The van der Waals surface area contributed by atoms with Gasteiger partial charge in [0.2, 0.25) is 5.91 Å². The van der Waals surface area contributed by atoms with E-state index < -0.39 is 11.7 Å². The summed E-state index contributed by atoms with van der Waals surface area (Å²) in [7, 11) is 3.10. The Hall–Kier alpha value is -3.36. The van der Waals surface area contributed by atoms with E-state index >= 15 is 0 Å². The minimum absolute atomic E-state index is 0.108. The largest absolute Gasteiger partial charge is 0.497 e. The summed E-state index contributed by atoms with van der Waals surface area (Å²) in [5, 5.41) is 0. The molecule has 0 radical (unpaired) electrons. The molecule has 148 valence electrons. The number of amides is 2. The Kier molecular flexibility index (Phi) is 4.84. The molecule has 2 amide bonds. The molecule has 0 unspecified atom stereocenters. The Morgan fingerprint density at radius 2 is 1.96 bits per heavy atom. The number of nitrogen functional groups attached to an aromatic ring is 1. The van der Waals surface area contributed by atoms with Crippen molar-refractivity contribution in [1.82, 2.24) is 9.97 Å². The molecule has 1 aromatic heterocycles. The number of nitrogens with two attached hydrogens (primary N) is 1. The van der Waals surface area contributed by atoms with Gasteiger partial charge >= 0.3 is 6.09 Å². The van der Waals surface area contributed by atoms with Crippen LogP contribution in [0.5, 0.6) is 5.75 Å². The molecule has 2 heterocycles. The summed E-state index contributed by atoms with van der Waals surface area (Å²) < 4.78 is 10.8. The molecule has 9 nitrogen and oxygen atoms in total. The first-order chi connectivity index (χ1) is 13.1. The van der Waals surface area contributed by atoms with Gasteiger partial charge in [0.15, 0.2) is 0 Å². The normalized spacial score (nSPS) is 13.3. The summed E-state index contributed by atoms with van der Waals surface area (Å²) in [6.07, 6.45) is 0.899. The van der Waals surface area contributed by atoms with Crippen molar-refractivity contribution in [2.75, 3.05) is 29.7 Å². The molecule has 0 spiro atoms. The average molecular weight is 385 g/mol. The number of fused-ring (bicyclic) bond motifs is 1. The topological polar surface area (TPSA) is 111 Å². The van der Waals surface area contributed by atoms with Gasteiger partial charge in [0, 0.05) is 24.7 Å². The highest BCUT2D eigenvalue weighted by Gasteiger charge is 2.33. The van der Waals surface area contributed by atoms with Gasteiger partial charge in [-0.3, -0.25) is 14.6 Å². The Balaban J connectivity index is 2.02. The van der Waals surface area contributed by atoms with Crippen LogP contribution in [0.1, 0.15) is 26.3 Å². The maximum absolute atomic E-state index is 12.6. The van der Waals surface area contributed by atoms with E-state index in [9.17, 15) is 9.59 Å². The number of hydrogen-bond acceptors (Lipinski definition) is 7. The van der Waals surface area contributed by atoms with Gasteiger partial charge in [0.25, 0.3) is 0 Å². The third-order valence-corrected chi connectivity index (χ3v) is 4.17. The first-order valence-corrected chi connectivity index (χ1v) is 8.69. The monoisotopic (exact) mass is 385 g/mol. The number of rotatable bonds is 3. The lowest BCUT2D eigenvalue weighted by Gasteiger charge is -2.26. The zero-order valence-electron chi connectivity index (χ0n) is 16.5. The highest BCUT2D eigenvalue weighted by Crippen LogP contribution is 2.39. The maximum atomic E-state index is 12.6. The van der Waals surface area contributed by atoms with E-state index in [0.717, 1.165) is 0 Å². The van der Waals surface area contributed by atoms with Gasteiger partial charge in [0.05, 0.1) is 24.9 Å². The molecule has 1 aromatic carbocycles. The maximum Gasteiger partial charge on any atom is 0.414 e. The minimum atomic E-state index is -0.634. The molecule has 2 aromatic rings. The molecule has 0 atom stereocenters. The predicted octanol–water partition coefficient (Wildman–Crippen LogP) is 2.66. The molecule has 0 fully saturated rings. The van der Waals surface area contributed by atoms with Crippen LogP contribution in [-0.2, 0) is 16.0 Å². The predicted molar refractivity (Wildman–Crippen MR) is 105 cm³/mol. The van der Waals surface area contributed by atoms with Gasteiger partial charge < -0.3 is 15.2 Å². The van der Waals surface area contributed by atoms with Crippen molar-refractivity contribution in [2.45, 2.75) is 32.8 Å². The van der Waals surface area contributed by atoms with Crippen LogP contribution < -0.4 is 20.3 Å². The van der Waals surface area contributed by atoms with E-state index in [1.54, 1.807) is 46.0 Å². The van der Waals surface area contributed by atoms with Crippen LogP contribution in [0.3, 0.4) is 0 Å². The molecule has 0 saturated heterocycles. The number of hydrogen-bond donors (Lipinski definition) is 1. The van der Waals surface area contributed by atoms with E-state index in [1.165, 1.54) is 23.2 Å². The number of benzene rings is 1. The first kappa shape index (κ1) is 19.4. The van der Waals surface area contributed by atoms with Crippen molar-refractivity contribution in [2.24, 2.45) is 0 Å². The number of anilines is 4. The molecular formula is C19H23N5O4. The fourth-order valence-corrected chi connectivity index (χ4v) is 2.84. The molecule has 0 aliphatic carbocycles. The quantitative estimate of drug-likeness (QED) is 0.864. The lowest BCUT2D eigenvalue weighted by atomic mass is 10.2. The van der Waals surface area contributed by atoms with Gasteiger partial charge in [0.1, 0.15) is 29.3 Å². The van der Waals surface area contributed by atoms with Crippen LogP contribution in [0.4, 0.5) is 27.8 Å². The van der Waals surface area contributed by atoms with Crippen molar-refractivity contribution in [3.05, 3.63) is 30.1 Å². The van der Waals surface area contributed by atoms with Crippen molar-refractivity contribution in [3.63, 3.8) is 0 Å². The Morgan fingerprint density at radius 3 is 2.61 bits per heavy atom. The number of methoxy groups -OCH3 is 1. The Bertz CT molecular complexity index is 938. The van der Waals surface area contributed by atoms with Crippen molar-refractivity contribution in [1.29, 1.82) is 0 Å². The summed E-state index contributed by atoms with van der Waals surface area (Å²) in [5.41, 5.74) is 6.84. The van der Waals surface area contributed by atoms with Gasteiger partial charge in [-0.15, -0.1) is 0 Å². The number of carbonyl (C=O) groups is 2. The summed E-state index contributed by atoms with van der Waals surface area (Å²) in [6, 6.07) is 5.07.